The second-order valence-electron chi connectivity index (χ2n) is 4.93. The molecular weight excluding hydrogens is 266 g/mol. The van der Waals surface area contributed by atoms with Gasteiger partial charge in [-0.15, -0.1) is 0 Å². The molecule has 0 aromatic rings. The molecule has 1 unspecified atom stereocenters. The van der Waals surface area contributed by atoms with E-state index in [1.807, 2.05) is 0 Å². The molecule has 0 heterocycles. The first-order valence-electron chi connectivity index (χ1n) is 6.40. The first-order valence-corrected chi connectivity index (χ1v) is 6.40. The summed E-state index contributed by atoms with van der Waals surface area (Å²) in [5.74, 6) is 2.15. The van der Waals surface area contributed by atoms with Crippen LogP contribution in [0.2, 0.25) is 0 Å². The average molecular weight is 297 g/mol. The van der Waals surface area contributed by atoms with E-state index in [9.17, 15) is 4.79 Å². The lowest BCUT2D eigenvalue weighted by atomic mass is 9.88. The van der Waals surface area contributed by atoms with Crippen LogP contribution in [0.1, 0.15) is 57.8 Å². The summed E-state index contributed by atoms with van der Waals surface area (Å²) in [5, 5.41) is 3.66. The zero-order chi connectivity index (χ0) is 10.5. The molecule has 0 radical (unpaired) electrons. The van der Waals surface area contributed by atoms with E-state index < -0.39 is 0 Å². The lowest BCUT2D eigenvalue weighted by Gasteiger charge is -2.31. The minimum Gasteiger partial charge on any atom is -0.412 e. The minimum absolute atomic E-state index is 0. The Kier molecular flexibility index (Phi) is 20.1. The topological polar surface area (TPSA) is 187 Å². The van der Waals surface area contributed by atoms with E-state index in [1.54, 1.807) is 0 Å². The van der Waals surface area contributed by atoms with Gasteiger partial charge in [-0.1, -0.05) is 25.7 Å². The van der Waals surface area contributed by atoms with Crippen molar-refractivity contribution in [1.82, 2.24) is 5.32 Å². The van der Waals surface area contributed by atoms with Crippen LogP contribution in [-0.4, -0.2) is 45.4 Å². The Hall–Kier alpha value is -0.790. The molecule has 2 rings (SSSR count). The molecule has 0 aromatic heterocycles. The van der Waals surface area contributed by atoms with Gasteiger partial charge in [-0.05, 0) is 32.1 Å². The molecular formula is C13H31NO6. The van der Waals surface area contributed by atoms with Gasteiger partial charge >= 0.3 is 0 Å². The van der Waals surface area contributed by atoms with E-state index in [1.165, 1.54) is 44.9 Å². The summed E-state index contributed by atoms with van der Waals surface area (Å²) >= 11 is 0. The maximum Gasteiger partial charge on any atom is 0.125 e. The lowest BCUT2D eigenvalue weighted by molar-refractivity contribution is 0.327. The Labute approximate surface area is 120 Å². The number of nitrogens with one attached hydrogen (secondary N) is 1. The summed E-state index contributed by atoms with van der Waals surface area (Å²) in [6, 6.07) is 1.00. The third-order valence-corrected chi connectivity index (χ3v) is 3.78. The van der Waals surface area contributed by atoms with Crippen LogP contribution >= 0.6 is 0 Å². The molecule has 11 N–H and O–H groups in total. The van der Waals surface area contributed by atoms with Crippen molar-refractivity contribution in [2.24, 2.45) is 0 Å². The Bertz CT molecular complexity index is 262. The Morgan fingerprint density at radius 3 is 1.90 bits per heavy atom. The molecule has 2 fully saturated rings. The van der Waals surface area contributed by atoms with Crippen LogP contribution < -0.4 is 5.32 Å². The lowest BCUT2D eigenvalue weighted by Crippen LogP contribution is -2.41. The predicted octanol–water partition coefficient (Wildman–Crippen LogP) is -1.51. The number of hydrogen-bond acceptors (Lipinski definition) is 2. The highest BCUT2D eigenvalue weighted by atomic mass is 16.1. The van der Waals surface area contributed by atoms with Crippen LogP contribution in [0.15, 0.2) is 5.57 Å². The third kappa shape index (κ3) is 7.72. The van der Waals surface area contributed by atoms with Crippen molar-refractivity contribution in [3.63, 3.8) is 0 Å². The second kappa shape index (κ2) is 14.6. The zero-order valence-electron chi connectivity index (χ0n) is 11.9. The highest BCUT2D eigenvalue weighted by Gasteiger charge is 2.23. The Morgan fingerprint density at radius 2 is 1.35 bits per heavy atom. The van der Waals surface area contributed by atoms with E-state index in [0.717, 1.165) is 18.4 Å². The van der Waals surface area contributed by atoms with Crippen molar-refractivity contribution in [3.05, 3.63) is 5.57 Å². The summed E-state index contributed by atoms with van der Waals surface area (Å²) < 4.78 is 0. The van der Waals surface area contributed by atoms with Gasteiger partial charge in [0.1, 0.15) is 5.94 Å². The highest BCUT2D eigenvalue weighted by Crippen LogP contribution is 2.24. The molecule has 0 saturated heterocycles. The molecule has 0 bridgehead atoms. The number of hydrogen-bond donors (Lipinski definition) is 1. The summed E-state index contributed by atoms with van der Waals surface area (Å²) in [6.45, 7) is 0. The number of rotatable bonds is 2. The van der Waals surface area contributed by atoms with Gasteiger partial charge in [-0.2, -0.15) is 0 Å². The monoisotopic (exact) mass is 297 g/mol. The van der Waals surface area contributed by atoms with E-state index in [4.69, 9.17) is 0 Å². The highest BCUT2D eigenvalue weighted by molar-refractivity contribution is 5.54. The molecule has 7 nitrogen and oxygen atoms in total. The van der Waals surface area contributed by atoms with E-state index in [2.05, 4.69) is 11.3 Å². The average Bonchev–Trinajstić information content (AvgIpc) is 2.31. The van der Waals surface area contributed by atoms with Gasteiger partial charge in [0.25, 0.3) is 0 Å². The van der Waals surface area contributed by atoms with Crippen LogP contribution in [0.25, 0.3) is 0 Å². The molecule has 0 aromatic carbocycles. The molecule has 7 heteroatoms. The van der Waals surface area contributed by atoms with Crippen LogP contribution in [0, 0.1) is 0 Å². The summed E-state index contributed by atoms with van der Waals surface area (Å²) in [7, 11) is 0. The summed E-state index contributed by atoms with van der Waals surface area (Å²) in [6.07, 6.45) is 11.2. The maximum atomic E-state index is 10.8. The van der Waals surface area contributed by atoms with Crippen molar-refractivity contribution in [2.45, 2.75) is 69.9 Å². The van der Waals surface area contributed by atoms with E-state index >= 15 is 0 Å². The predicted molar refractivity (Wildman–Crippen MR) is 79.5 cm³/mol. The molecule has 0 aliphatic heterocycles. The molecule has 0 amide bonds. The molecule has 124 valence electrons. The molecule has 20 heavy (non-hydrogen) atoms. The molecule has 2 aliphatic rings. The van der Waals surface area contributed by atoms with Gasteiger partial charge in [0.2, 0.25) is 0 Å². The van der Waals surface area contributed by atoms with Gasteiger partial charge in [0.05, 0.1) is 0 Å². The fourth-order valence-corrected chi connectivity index (χ4v) is 2.87. The molecule has 0 spiro atoms. The van der Waals surface area contributed by atoms with Crippen molar-refractivity contribution < 1.29 is 32.2 Å². The first-order chi connectivity index (χ1) is 7.40. The minimum atomic E-state index is 0. The fourth-order valence-electron chi connectivity index (χ4n) is 2.87. The van der Waals surface area contributed by atoms with Crippen LogP contribution in [-0.2, 0) is 4.79 Å². The SMILES string of the molecule is O.O.O.O.O.O=C=C1CCCCC1NC1CCCCC1. The zero-order valence-corrected chi connectivity index (χ0v) is 11.9. The molecule has 2 aliphatic carbocycles. The summed E-state index contributed by atoms with van der Waals surface area (Å²) in [4.78, 5) is 10.8. The van der Waals surface area contributed by atoms with Crippen LogP contribution in [0.4, 0.5) is 0 Å². The Morgan fingerprint density at radius 1 is 0.800 bits per heavy atom. The fraction of sp³-hybridized carbons (Fsp3) is 0.846. The van der Waals surface area contributed by atoms with Crippen molar-refractivity contribution in [3.8, 4) is 0 Å². The number of carbonyl (C=O) groups excluding carboxylic acids is 1. The first kappa shape index (κ1) is 27.5. The molecule has 2 saturated carbocycles. The van der Waals surface area contributed by atoms with E-state index in [-0.39, 0.29) is 27.4 Å². The van der Waals surface area contributed by atoms with Gasteiger partial charge in [-0.25, -0.2) is 4.79 Å². The Balaban J connectivity index is -0.000000256. The smallest absolute Gasteiger partial charge is 0.125 e. The largest absolute Gasteiger partial charge is 0.412 e. The molecule has 1 atom stereocenters. The van der Waals surface area contributed by atoms with Crippen LogP contribution in [0.5, 0.6) is 0 Å². The quantitative estimate of drug-likeness (QED) is 0.607. The maximum absolute atomic E-state index is 10.8. The van der Waals surface area contributed by atoms with Crippen molar-refractivity contribution >= 4 is 5.94 Å². The van der Waals surface area contributed by atoms with E-state index in [0.29, 0.717) is 12.1 Å². The van der Waals surface area contributed by atoms with Gasteiger partial charge in [0.15, 0.2) is 0 Å². The van der Waals surface area contributed by atoms with Gasteiger partial charge in [0, 0.05) is 17.7 Å². The van der Waals surface area contributed by atoms with Crippen molar-refractivity contribution in [1.29, 1.82) is 0 Å². The third-order valence-electron chi connectivity index (χ3n) is 3.78. The second-order valence-corrected chi connectivity index (χ2v) is 4.93. The van der Waals surface area contributed by atoms with Crippen molar-refractivity contribution in [2.75, 3.05) is 0 Å². The summed E-state index contributed by atoms with van der Waals surface area (Å²) in [5.41, 5.74) is 0.992. The standard InChI is InChI=1S/C13H21NO.5H2O/c15-10-11-6-4-5-9-13(11)14-12-7-2-1-3-8-12;;;;;/h12-14H,1-9H2;5*1H2. The van der Waals surface area contributed by atoms with Gasteiger partial charge in [-0.3, -0.25) is 0 Å². The van der Waals surface area contributed by atoms with Gasteiger partial charge < -0.3 is 32.7 Å². The normalized spacial score (nSPS) is 21.6. The van der Waals surface area contributed by atoms with Crippen LogP contribution in [0.3, 0.4) is 0 Å².